The molecule has 1 heterocycles. The van der Waals surface area contributed by atoms with Gasteiger partial charge >= 0.3 is 6.18 Å². The molecule has 6 nitrogen and oxygen atoms in total. The van der Waals surface area contributed by atoms with Gasteiger partial charge in [-0.15, -0.1) is 0 Å². The van der Waals surface area contributed by atoms with Crippen molar-refractivity contribution in [1.82, 2.24) is 15.2 Å². The minimum atomic E-state index is -4.31. The van der Waals surface area contributed by atoms with E-state index in [9.17, 15) is 18.0 Å². The van der Waals surface area contributed by atoms with E-state index < -0.39 is 12.8 Å². The smallest absolute Gasteiger partial charge is 0.367 e. The van der Waals surface area contributed by atoms with Gasteiger partial charge < -0.3 is 19.9 Å². The fourth-order valence-corrected chi connectivity index (χ4v) is 2.70. The molecule has 0 aliphatic carbocycles. The molecule has 2 aromatic rings. The third-order valence-corrected chi connectivity index (χ3v) is 4.26. The van der Waals surface area contributed by atoms with Gasteiger partial charge in [0.05, 0.1) is 6.61 Å². The second-order valence-electron chi connectivity index (χ2n) is 6.72. The van der Waals surface area contributed by atoms with Gasteiger partial charge in [0.2, 0.25) is 5.56 Å². The Bertz CT molecular complexity index is 848. The highest BCUT2D eigenvalue weighted by atomic mass is 19.4. The molecule has 1 aromatic heterocycles. The minimum Gasteiger partial charge on any atom is -0.367 e. The van der Waals surface area contributed by atoms with E-state index in [2.05, 4.69) is 20.4 Å². The van der Waals surface area contributed by atoms with Gasteiger partial charge in [-0.1, -0.05) is 30.3 Å². The van der Waals surface area contributed by atoms with Gasteiger partial charge in [-0.25, -0.2) is 0 Å². The Balaban J connectivity index is 1.65. The number of hydrogen-bond donors (Lipinski definition) is 2. The van der Waals surface area contributed by atoms with Crippen molar-refractivity contribution in [2.75, 3.05) is 20.2 Å². The van der Waals surface area contributed by atoms with Crippen LogP contribution in [0.5, 0.6) is 0 Å². The maximum absolute atomic E-state index is 12.1. The SMILES string of the molecule is CN=C(NCCCCn1ccccc1=O)NCc1ccc(COCC(F)(F)F)cc1. The van der Waals surface area contributed by atoms with E-state index in [-0.39, 0.29) is 12.2 Å². The van der Waals surface area contributed by atoms with Gasteiger partial charge in [0, 0.05) is 38.9 Å². The van der Waals surface area contributed by atoms with Gasteiger partial charge in [0.1, 0.15) is 6.61 Å². The number of nitrogens with one attached hydrogen (secondary N) is 2. The largest absolute Gasteiger partial charge is 0.411 e. The lowest BCUT2D eigenvalue weighted by Crippen LogP contribution is -2.37. The molecule has 164 valence electrons. The van der Waals surface area contributed by atoms with E-state index in [0.29, 0.717) is 24.6 Å². The van der Waals surface area contributed by atoms with Gasteiger partial charge in [-0.3, -0.25) is 9.79 Å². The molecule has 0 aliphatic heterocycles. The molecule has 0 saturated carbocycles. The highest BCUT2D eigenvalue weighted by Crippen LogP contribution is 2.15. The van der Waals surface area contributed by atoms with E-state index in [1.165, 1.54) is 0 Å². The third kappa shape index (κ3) is 9.13. The minimum absolute atomic E-state index is 0.000804. The number of alkyl halides is 3. The van der Waals surface area contributed by atoms with Crippen molar-refractivity contribution in [2.45, 2.75) is 38.7 Å². The Morgan fingerprint density at radius 1 is 1.07 bits per heavy atom. The number of pyridine rings is 1. The Morgan fingerprint density at radius 2 is 1.80 bits per heavy atom. The standard InChI is InChI=1S/C21H27F3N4O2/c1-25-20(26-11-3-5-13-28-12-4-2-6-19(28)29)27-14-17-7-9-18(10-8-17)15-30-16-21(22,23)24/h2,4,6-10,12H,3,5,11,13-16H2,1H3,(H2,25,26,27). The number of unbranched alkanes of at least 4 members (excludes halogenated alkanes) is 1. The van der Waals surface area contributed by atoms with Crippen LogP contribution < -0.4 is 16.2 Å². The zero-order chi connectivity index (χ0) is 21.8. The van der Waals surface area contributed by atoms with E-state index in [4.69, 9.17) is 0 Å². The molecule has 0 fully saturated rings. The Morgan fingerprint density at radius 3 is 2.47 bits per heavy atom. The number of nitrogens with zero attached hydrogens (tertiary/aromatic N) is 2. The lowest BCUT2D eigenvalue weighted by atomic mass is 10.1. The molecule has 0 radical (unpaired) electrons. The van der Waals surface area contributed by atoms with E-state index in [0.717, 1.165) is 24.9 Å². The first kappa shape index (κ1) is 23.5. The summed E-state index contributed by atoms with van der Waals surface area (Å²) in [4.78, 5) is 15.8. The van der Waals surface area contributed by atoms with Crippen LogP contribution in [0.25, 0.3) is 0 Å². The normalized spacial score (nSPS) is 12.1. The molecular formula is C21H27F3N4O2. The topological polar surface area (TPSA) is 67.7 Å². The molecule has 2 N–H and O–H groups in total. The third-order valence-electron chi connectivity index (χ3n) is 4.26. The molecule has 2 rings (SSSR count). The first-order chi connectivity index (χ1) is 14.4. The number of benzene rings is 1. The van der Waals surface area contributed by atoms with Gasteiger partial charge in [-0.05, 0) is 30.0 Å². The molecular weight excluding hydrogens is 397 g/mol. The second kappa shape index (κ2) is 12.0. The number of rotatable bonds is 10. The van der Waals surface area contributed by atoms with Crippen LogP contribution in [-0.4, -0.2) is 36.9 Å². The molecule has 30 heavy (non-hydrogen) atoms. The summed E-state index contributed by atoms with van der Waals surface area (Å²) in [6.07, 6.45) is -0.781. The number of aryl methyl sites for hydroxylation is 1. The van der Waals surface area contributed by atoms with Crippen molar-refractivity contribution < 1.29 is 17.9 Å². The summed E-state index contributed by atoms with van der Waals surface area (Å²) in [5, 5.41) is 6.41. The Kier molecular flexibility index (Phi) is 9.40. The zero-order valence-corrected chi connectivity index (χ0v) is 16.9. The van der Waals surface area contributed by atoms with Crippen LogP contribution >= 0.6 is 0 Å². The predicted molar refractivity (Wildman–Crippen MR) is 110 cm³/mol. The van der Waals surface area contributed by atoms with Crippen LogP contribution in [0.1, 0.15) is 24.0 Å². The number of guanidine groups is 1. The van der Waals surface area contributed by atoms with E-state index in [1.54, 1.807) is 42.1 Å². The van der Waals surface area contributed by atoms with Crippen LogP contribution in [0.3, 0.4) is 0 Å². The van der Waals surface area contributed by atoms with Crippen molar-refractivity contribution >= 4 is 5.96 Å². The number of aromatic nitrogens is 1. The second-order valence-corrected chi connectivity index (χ2v) is 6.72. The zero-order valence-electron chi connectivity index (χ0n) is 16.9. The summed E-state index contributed by atoms with van der Waals surface area (Å²) in [6, 6.07) is 12.3. The number of halogens is 3. The lowest BCUT2D eigenvalue weighted by molar-refractivity contribution is -0.176. The van der Waals surface area contributed by atoms with Crippen molar-refractivity contribution in [2.24, 2.45) is 4.99 Å². The molecule has 0 aliphatic rings. The summed E-state index contributed by atoms with van der Waals surface area (Å²) in [5.74, 6) is 0.657. The van der Waals surface area contributed by atoms with Crippen molar-refractivity contribution in [3.63, 3.8) is 0 Å². The summed E-state index contributed by atoms with van der Waals surface area (Å²) in [6.45, 7) is 0.595. The maximum atomic E-state index is 12.1. The lowest BCUT2D eigenvalue weighted by Gasteiger charge is -2.13. The first-order valence-corrected chi connectivity index (χ1v) is 9.70. The average Bonchev–Trinajstić information content (AvgIpc) is 2.71. The molecule has 0 saturated heterocycles. The number of aliphatic imine (C=N–C) groups is 1. The average molecular weight is 424 g/mol. The van der Waals surface area contributed by atoms with Crippen LogP contribution in [0, 0.1) is 0 Å². The van der Waals surface area contributed by atoms with Crippen molar-refractivity contribution in [3.05, 3.63) is 70.1 Å². The number of hydrogen-bond acceptors (Lipinski definition) is 3. The van der Waals surface area contributed by atoms with Crippen LogP contribution in [-0.2, 0) is 24.4 Å². The Hall–Kier alpha value is -2.81. The quantitative estimate of drug-likeness (QED) is 0.350. The molecule has 0 unspecified atom stereocenters. The van der Waals surface area contributed by atoms with Gasteiger partial charge in [-0.2, -0.15) is 13.2 Å². The number of ether oxygens (including phenoxy) is 1. The molecule has 0 spiro atoms. The fourth-order valence-electron chi connectivity index (χ4n) is 2.70. The Labute approximate surface area is 173 Å². The van der Waals surface area contributed by atoms with Gasteiger partial charge in [0.25, 0.3) is 0 Å². The van der Waals surface area contributed by atoms with E-state index >= 15 is 0 Å². The van der Waals surface area contributed by atoms with E-state index in [1.807, 2.05) is 18.2 Å². The molecule has 0 atom stereocenters. The highest BCUT2D eigenvalue weighted by Gasteiger charge is 2.27. The van der Waals surface area contributed by atoms with Crippen LogP contribution in [0.2, 0.25) is 0 Å². The first-order valence-electron chi connectivity index (χ1n) is 9.70. The molecule has 0 bridgehead atoms. The van der Waals surface area contributed by atoms with Crippen LogP contribution in [0.4, 0.5) is 13.2 Å². The van der Waals surface area contributed by atoms with Crippen molar-refractivity contribution in [1.29, 1.82) is 0 Å². The fraction of sp³-hybridized carbons (Fsp3) is 0.429. The molecule has 0 amide bonds. The maximum Gasteiger partial charge on any atom is 0.411 e. The summed E-state index contributed by atoms with van der Waals surface area (Å²) in [5.41, 5.74) is 1.66. The predicted octanol–water partition coefficient (Wildman–Crippen LogP) is 3.07. The monoisotopic (exact) mass is 424 g/mol. The van der Waals surface area contributed by atoms with Crippen LogP contribution in [0.15, 0.2) is 58.4 Å². The molecule has 9 heteroatoms. The van der Waals surface area contributed by atoms with Crippen molar-refractivity contribution in [3.8, 4) is 0 Å². The van der Waals surface area contributed by atoms with Gasteiger partial charge in [0.15, 0.2) is 5.96 Å². The highest BCUT2D eigenvalue weighted by molar-refractivity contribution is 5.79. The molecule has 1 aromatic carbocycles. The summed E-state index contributed by atoms with van der Waals surface area (Å²) >= 11 is 0. The summed E-state index contributed by atoms with van der Waals surface area (Å²) < 4.78 is 42.6. The summed E-state index contributed by atoms with van der Waals surface area (Å²) in [7, 11) is 1.68.